The monoisotopic (exact) mass is 264 g/mol. The standard InChI is InChI=1S/C12H12N2O3S/c15-6-2-1-3-9-4-5-10(18-9)8-14-11(16)7-13-12(14)17/h4-5,15H,2,6-8H2,(H,13,17). The third kappa shape index (κ3) is 2.88. The third-order valence-electron chi connectivity index (χ3n) is 2.36. The van der Waals surface area contributed by atoms with Crippen molar-refractivity contribution in [2.45, 2.75) is 13.0 Å². The highest BCUT2D eigenvalue weighted by molar-refractivity contribution is 7.12. The summed E-state index contributed by atoms with van der Waals surface area (Å²) in [6.07, 6.45) is 0.445. The largest absolute Gasteiger partial charge is 0.395 e. The fourth-order valence-corrected chi connectivity index (χ4v) is 2.38. The second-order valence-corrected chi connectivity index (χ2v) is 4.85. The lowest BCUT2D eigenvalue weighted by Gasteiger charge is -2.09. The van der Waals surface area contributed by atoms with E-state index in [0.717, 1.165) is 9.75 Å². The molecule has 6 heteroatoms. The van der Waals surface area contributed by atoms with Crippen LogP contribution in [0.5, 0.6) is 0 Å². The number of imide groups is 1. The summed E-state index contributed by atoms with van der Waals surface area (Å²) in [7, 11) is 0. The summed E-state index contributed by atoms with van der Waals surface area (Å²) in [5.74, 6) is 5.54. The third-order valence-corrected chi connectivity index (χ3v) is 3.35. The summed E-state index contributed by atoms with van der Waals surface area (Å²) in [5, 5.41) is 11.1. The topological polar surface area (TPSA) is 69.6 Å². The van der Waals surface area contributed by atoms with Crippen molar-refractivity contribution in [1.29, 1.82) is 0 Å². The second-order valence-electron chi connectivity index (χ2n) is 3.68. The summed E-state index contributed by atoms with van der Waals surface area (Å²) in [5.41, 5.74) is 0. The molecule has 2 N–H and O–H groups in total. The summed E-state index contributed by atoms with van der Waals surface area (Å²) >= 11 is 1.45. The molecule has 0 atom stereocenters. The van der Waals surface area contributed by atoms with E-state index in [1.165, 1.54) is 16.2 Å². The van der Waals surface area contributed by atoms with E-state index in [-0.39, 0.29) is 31.6 Å². The number of aliphatic hydroxyl groups is 1. The Hall–Kier alpha value is -1.84. The zero-order valence-corrected chi connectivity index (χ0v) is 10.4. The van der Waals surface area contributed by atoms with Gasteiger partial charge in [-0.25, -0.2) is 4.79 Å². The van der Waals surface area contributed by atoms with Gasteiger partial charge in [-0.1, -0.05) is 11.8 Å². The molecule has 18 heavy (non-hydrogen) atoms. The van der Waals surface area contributed by atoms with Crippen molar-refractivity contribution in [2.75, 3.05) is 13.2 Å². The van der Waals surface area contributed by atoms with Crippen LogP contribution in [0.1, 0.15) is 16.2 Å². The van der Waals surface area contributed by atoms with E-state index < -0.39 is 0 Å². The summed E-state index contributed by atoms with van der Waals surface area (Å²) in [6.45, 7) is 0.415. The van der Waals surface area contributed by atoms with Gasteiger partial charge in [-0.05, 0) is 12.1 Å². The molecule has 1 fully saturated rings. The van der Waals surface area contributed by atoms with Crippen molar-refractivity contribution in [3.8, 4) is 11.8 Å². The lowest BCUT2D eigenvalue weighted by atomic mass is 10.4. The molecule has 0 aliphatic carbocycles. The molecule has 3 amide bonds. The highest BCUT2D eigenvalue weighted by atomic mass is 32.1. The highest BCUT2D eigenvalue weighted by Crippen LogP contribution is 2.18. The maximum absolute atomic E-state index is 11.4. The van der Waals surface area contributed by atoms with E-state index in [1.807, 2.05) is 12.1 Å². The number of thiophene rings is 1. The van der Waals surface area contributed by atoms with Crippen molar-refractivity contribution in [1.82, 2.24) is 10.2 Å². The average molecular weight is 264 g/mol. The lowest BCUT2D eigenvalue weighted by Crippen LogP contribution is -2.29. The zero-order valence-electron chi connectivity index (χ0n) is 9.60. The van der Waals surface area contributed by atoms with Crippen LogP contribution in [0.4, 0.5) is 4.79 Å². The molecule has 0 saturated carbocycles. The van der Waals surface area contributed by atoms with Crippen molar-refractivity contribution < 1.29 is 14.7 Å². The van der Waals surface area contributed by atoms with E-state index in [9.17, 15) is 9.59 Å². The van der Waals surface area contributed by atoms with Gasteiger partial charge in [-0.3, -0.25) is 9.69 Å². The fourth-order valence-electron chi connectivity index (χ4n) is 1.51. The number of hydrogen-bond acceptors (Lipinski definition) is 4. The van der Waals surface area contributed by atoms with E-state index >= 15 is 0 Å². The van der Waals surface area contributed by atoms with Crippen molar-refractivity contribution in [2.24, 2.45) is 0 Å². The van der Waals surface area contributed by atoms with Crippen LogP contribution in [0.2, 0.25) is 0 Å². The molecular weight excluding hydrogens is 252 g/mol. The predicted molar refractivity (Wildman–Crippen MR) is 66.8 cm³/mol. The van der Waals surface area contributed by atoms with Crippen molar-refractivity contribution in [3.63, 3.8) is 0 Å². The number of hydrogen-bond donors (Lipinski definition) is 2. The van der Waals surface area contributed by atoms with Crippen LogP contribution >= 0.6 is 11.3 Å². The molecular formula is C12H12N2O3S. The lowest BCUT2D eigenvalue weighted by molar-refractivity contribution is -0.125. The first kappa shape index (κ1) is 12.6. The van der Waals surface area contributed by atoms with Gasteiger partial charge in [0.05, 0.1) is 24.6 Å². The van der Waals surface area contributed by atoms with E-state index in [0.29, 0.717) is 6.42 Å². The van der Waals surface area contributed by atoms with E-state index in [4.69, 9.17) is 5.11 Å². The zero-order chi connectivity index (χ0) is 13.0. The van der Waals surface area contributed by atoms with Gasteiger partial charge < -0.3 is 10.4 Å². The summed E-state index contributed by atoms with van der Waals surface area (Å²) in [6, 6.07) is 3.36. The van der Waals surface area contributed by atoms with Gasteiger partial charge in [-0.2, -0.15) is 0 Å². The number of amides is 3. The Bertz CT molecular complexity index is 511. The number of carbonyl (C=O) groups excluding carboxylic acids is 2. The Morgan fingerprint density at radius 1 is 1.44 bits per heavy atom. The summed E-state index contributed by atoms with van der Waals surface area (Å²) < 4.78 is 0. The average Bonchev–Trinajstić information content (AvgIpc) is 2.92. The molecule has 0 unspecified atom stereocenters. The normalized spacial score (nSPS) is 14.4. The molecule has 0 bridgehead atoms. The number of rotatable bonds is 3. The molecule has 2 rings (SSSR count). The van der Waals surface area contributed by atoms with Gasteiger partial charge in [-0.15, -0.1) is 11.3 Å². The van der Waals surface area contributed by atoms with Crippen LogP contribution < -0.4 is 5.32 Å². The molecule has 5 nitrogen and oxygen atoms in total. The fraction of sp³-hybridized carbons (Fsp3) is 0.333. The minimum atomic E-state index is -0.346. The number of nitrogens with one attached hydrogen (secondary N) is 1. The molecule has 1 aromatic rings. The van der Waals surface area contributed by atoms with Gasteiger partial charge in [0.2, 0.25) is 5.91 Å². The number of nitrogens with zero attached hydrogens (tertiary/aromatic N) is 1. The Balaban J connectivity index is 2.01. The summed E-state index contributed by atoms with van der Waals surface area (Å²) in [4.78, 5) is 25.7. The Labute approximate surface area is 108 Å². The van der Waals surface area contributed by atoms with E-state index in [1.54, 1.807) is 0 Å². The Kier molecular flexibility index (Phi) is 3.97. The number of aliphatic hydroxyl groups excluding tert-OH is 1. The van der Waals surface area contributed by atoms with Crippen LogP contribution in [0.25, 0.3) is 0 Å². The van der Waals surface area contributed by atoms with Gasteiger partial charge in [0.15, 0.2) is 0 Å². The Morgan fingerprint density at radius 3 is 2.94 bits per heavy atom. The SMILES string of the molecule is O=C1CNC(=O)N1Cc1ccc(C#CCCO)s1. The van der Waals surface area contributed by atoms with Gasteiger partial charge >= 0.3 is 6.03 Å². The maximum Gasteiger partial charge on any atom is 0.324 e. The predicted octanol–water partition coefficient (Wildman–Crippen LogP) is 0.534. The second kappa shape index (κ2) is 5.67. The van der Waals surface area contributed by atoms with Crippen molar-refractivity contribution in [3.05, 3.63) is 21.9 Å². The van der Waals surface area contributed by atoms with Gasteiger partial charge in [0.1, 0.15) is 0 Å². The van der Waals surface area contributed by atoms with Crippen LogP contribution in [-0.2, 0) is 11.3 Å². The quantitative estimate of drug-likeness (QED) is 0.618. The molecule has 0 radical (unpaired) electrons. The molecule has 2 heterocycles. The van der Waals surface area contributed by atoms with Gasteiger partial charge in [0, 0.05) is 11.3 Å². The minimum Gasteiger partial charge on any atom is -0.395 e. The molecule has 1 saturated heterocycles. The minimum absolute atomic E-state index is 0.0493. The number of carbonyl (C=O) groups is 2. The first-order valence-corrected chi connectivity index (χ1v) is 6.29. The van der Waals surface area contributed by atoms with Gasteiger partial charge in [0.25, 0.3) is 0 Å². The molecule has 1 aliphatic heterocycles. The first-order valence-electron chi connectivity index (χ1n) is 5.47. The van der Waals surface area contributed by atoms with Crippen LogP contribution in [0.15, 0.2) is 12.1 Å². The Morgan fingerprint density at radius 2 is 2.28 bits per heavy atom. The van der Waals surface area contributed by atoms with E-state index in [2.05, 4.69) is 17.2 Å². The van der Waals surface area contributed by atoms with Crippen LogP contribution in [0, 0.1) is 11.8 Å². The molecule has 1 aliphatic rings. The first-order chi connectivity index (χ1) is 8.70. The maximum atomic E-state index is 11.4. The van der Waals surface area contributed by atoms with Crippen LogP contribution in [0.3, 0.4) is 0 Å². The highest BCUT2D eigenvalue weighted by Gasteiger charge is 2.28. The number of urea groups is 1. The van der Waals surface area contributed by atoms with Crippen LogP contribution in [-0.4, -0.2) is 35.1 Å². The molecule has 1 aromatic heterocycles. The molecule has 0 aromatic carbocycles. The molecule has 94 valence electrons. The van der Waals surface area contributed by atoms with Crippen molar-refractivity contribution >= 4 is 23.3 Å². The smallest absolute Gasteiger partial charge is 0.324 e. The molecule has 0 spiro atoms.